The molecule has 4 aliphatic rings. The number of allylic oxidation sites excluding steroid dienone is 2. The second-order valence-electron chi connectivity index (χ2n) is 12.9. The van der Waals surface area contributed by atoms with Crippen LogP contribution in [-0.4, -0.2) is 105 Å². The van der Waals surface area contributed by atoms with Crippen LogP contribution in [0.1, 0.15) is 66.7 Å². The molecule has 2 aliphatic carbocycles. The molecule has 16 heteroatoms. The Kier molecular flexibility index (Phi) is 11.6. The van der Waals surface area contributed by atoms with Crippen molar-refractivity contribution < 1.29 is 45.8 Å². The highest BCUT2D eigenvalue weighted by molar-refractivity contribution is 6.25. The zero-order chi connectivity index (χ0) is 36.3. The molecule has 2 aliphatic heterocycles. The van der Waals surface area contributed by atoms with Gasteiger partial charge < -0.3 is 19.6 Å². The minimum atomic E-state index is -5.08. The van der Waals surface area contributed by atoms with Gasteiger partial charge in [-0.25, -0.2) is 9.59 Å². The molecule has 9 nitrogen and oxygen atoms in total. The van der Waals surface area contributed by atoms with Gasteiger partial charge >= 0.3 is 24.3 Å². The molecule has 50 heavy (non-hydrogen) atoms. The standard InChI is InChI=1S/C32H39ClF3N5O2.C2HF3O2/c1-2-43-30(42)27-20-37-41(29(27)32(34,35)36)25-9-6-14-39(22-25)28-19-31(33,13-12-26(28)24-7-4-3-5-8-24)40-17-15-38(16-18-40)21-23-10-11-23;3-2(4,5)1(6)7/h3-5,7-8,12-13,20,23,25H,2,6,9-11,14-19,21-22H2,1H3;(H,6,7). The van der Waals surface area contributed by atoms with Crippen molar-refractivity contribution in [3.05, 3.63) is 71.2 Å². The van der Waals surface area contributed by atoms with Crippen molar-refractivity contribution in [3.8, 4) is 0 Å². The van der Waals surface area contributed by atoms with Crippen LogP contribution in [0.25, 0.3) is 5.57 Å². The molecule has 0 amide bonds. The third-order valence-electron chi connectivity index (χ3n) is 9.35. The number of aromatic nitrogens is 2. The summed E-state index contributed by atoms with van der Waals surface area (Å²) in [7, 11) is 0. The van der Waals surface area contributed by atoms with Gasteiger partial charge in [-0.05, 0) is 50.2 Å². The molecule has 2 aromatic rings. The Morgan fingerprint density at radius 1 is 1.02 bits per heavy atom. The summed E-state index contributed by atoms with van der Waals surface area (Å²) in [6.45, 7) is 7.46. The highest BCUT2D eigenvalue weighted by Crippen LogP contribution is 2.43. The first-order valence-corrected chi connectivity index (χ1v) is 17.0. The van der Waals surface area contributed by atoms with Gasteiger partial charge in [0.05, 0.1) is 18.8 Å². The molecule has 3 heterocycles. The Bertz CT molecular complexity index is 1570. The van der Waals surface area contributed by atoms with Crippen molar-refractivity contribution in [1.82, 2.24) is 24.5 Å². The maximum absolute atomic E-state index is 14.3. The summed E-state index contributed by atoms with van der Waals surface area (Å²) in [5, 5.41) is 11.2. The number of carbonyl (C=O) groups is 2. The smallest absolute Gasteiger partial charge is 0.475 e. The zero-order valence-electron chi connectivity index (χ0n) is 27.5. The third kappa shape index (κ3) is 9.02. The summed E-state index contributed by atoms with van der Waals surface area (Å²) in [6.07, 6.45) is -0.243. The van der Waals surface area contributed by atoms with E-state index in [0.717, 1.165) is 59.8 Å². The fraction of sp³-hybridized carbons (Fsp3) is 0.559. The van der Waals surface area contributed by atoms with Gasteiger partial charge in [-0.15, -0.1) is 0 Å². The normalized spacial score (nSPS) is 23.8. The molecule has 1 saturated carbocycles. The van der Waals surface area contributed by atoms with Crippen molar-refractivity contribution in [3.63, 3.8) is 0 Å². The van der Waals surface area contributed by atoms with Gasteiger partial charge in [0.25, 0.3) is 0 Å². The summed E-state index contributed by atoms with van der Waals surface area (Å²) in [5.74, 6) is -2.92. The number of likely N-dealkylation sites (tertiary alicyclic amines) is 1. The fourth-order valence-electron chi connectivity index (χ4n) is 6.72. The van der Waals surface area contributed by atoms with Crippen LogP contribution >= 0.6 is 11.6 Å². The predicted molar refractivity (Wildman–Crippen MR) is 173 cm³/mol. The van der Waals surface area contributed by atoms with Gasteiger partial charge in [0.15, 0.2) is 5.69 Å². The minimum absolute atomic E-state index is 0.0157. The van der Waals surface area contributed by atoms with E-state index >= 15 is 0 Å². The second kappa shape index (κ2) is 15.4. The summed E-state index contributed by atoms with van der Waals surface area (Å²) in [5.41, 5.74) is 1.52. The Labute approximate surface area is 291 Å². The van der Waals surface area contributed by atoms with E-state index in [4.69, 9.17) is 26.2 Å². The van der Waals surface area contributed by atoms with Crippen LogP contribution in [0.3, 0.4) is 0 Å². The van der Waals surface area contributed by atoms with E-state index in [1.807, 2.05) is 18.2 Å². The quantitative estimate of drug-likeness (QED) is 0.139. The Morgan fingerprint density at radius 3 is 2.26 bits per heavy atom. The largest absolute Gasteiger partial charge is 0.490 e. The van der Waals surface area contributed by atoms with Crippen molar-refractivity contribution in [2.75, 3.05) is 52.4 Å². The van der Waals surface area contributed by atoms with Crippen LogP contribution in [0.2, 0.25) is 0 Å². The number of hydrogen-bond donors (Lipinski definition) is 1. The molecule has 2 atom stereocenters. The highest BCUT2D eigenvalue weighted by Gasteiger charge is 2.44. The molecule has 0 radical (unpaired) electrons. The number of nitrogens with zero attached hydrogens (tertiary/aromatic N) is 5. The van der Waals surface area contributed by atoms with Crippen LogP contribution in [0, 0.1) is 5.92 Å². The fourth-order valence-corrected chi connectivity index (χ4v) is 7.08. The average molecular weight is 732 g/mol. The topological polar surface area (TPSA) is 91.1 Å². The molecule has 1 aromatic carbocycles. The number of rotatable bonds is 8. The lowest BCUT2D eigenvalue weighted by Crippen LogP contribution is -2.55. The molecule has 3 fully saturated rings. The average Bonchev–Trinajstić information content (AvgIpc) is 3.77. The molecule has 6 rings (SSSR count). The minimum Gasteiger partial charge on any atom is -0.475 e. The summed E-state index contributed by atoms with van der Waals surface area (Å²) >= 11 is 7.43. The molecule has 2 saturated heterocycles. The van der Waals surface area contributed by atoms with Crippen molar-refractivity contribution in [2.24, 2.45) is 5.92 Å². The summed E-state index contributed by atoms with van der Waals surface area (Å²) in [6, 6.07) is 9.49. The first kappa shape index (κ1) is 37.7. The first-order chi connectivity index (χ1) is 23.6. The number of aliphatic carboxylic acids is 1. The number of carbonyl (C=O) groups excluding carboxylic acids is 1. The molecule has 2 unspecified atom stereocenters. The lowest BCUT2D eigenvalue weighted by atomic mass is 9.90. The van der Waals surface area contributed by atoms with Crippen molar-refractivity contribution >= 4 is 29.1 Å². The third-order valence-corrected chi connectivity index (χ3v) is 9.85. The van der Waals surface area contributed by atoms with Gasteiger partial charge in [0.1, 0.15) is 10.6 Å². The maximum atomic E-state index is 14.3. The Balaban J connectivity index is 0.000000630. The number of esters is 1. The van der Waals surface area contributed by atoms with Crippen LogP contribution in [0.5, 0.6) is 0 Å². The van der Waals surface area contributed by atoms with Crippen LogP contribution in [0.4, 0.5) is 26.3 Å². The van der Waals surface area contributed by atoms with E-state index in [0.29, 0.717) is 32.4 Å². The van der Waals surface area contributed by atoms with Gasteiger partial charge in [0, 0.05) is 63.5 Å². The Morgan fingerprint density at radius 2 is 1.68 bits per heavy atom. The number of piperidine rings is 1. The molecule has 0 spiro atoms. The van der Waals surface area contributed by atoms with Gasteiger partial charge in [0.2, 0.25) is 0 Å². The second-order valence-corrected chi connectivity index (χ2v) is 13.6. The van der Waals surface area contributed by atoms with E-state index in [2.05, 4.69) is 44.1 Å². The van der Waals surface area contributed by atoms with Crippen molar-refractivity contribution in [1.29, 1.82) is 0 Å². The number of carboxylic acids is 1. The van der Waals surface area contributed by atoms with Crippen LogP contribution < -0.4 is 0 Å². The number of ether oxygens (including phenoxy) is 1. The number of alkyl halides is 7. The monoisotopic (exact) mass is 731 g/mol. The zero-order valence-corrected chi connectivity index (χ0v) is 28.3. The van der Waals surface area contributed by atoms with Gasteiger partial charge in [-0.1, -0.05) is 48.0 Å². The number of carboxylic acid groups (broad SMARTS) is 1. The summed E-state index contributed by atoms with van der Waals surface area (Å²) in [4.78, 5) is 27.6. The van der Waals surface area contributed by atoms with Crippen LogP contribution in [0.15, 0.2) is 54.4 Å². The van der Waals surface area contributed by atoms with E-state index in [9.17, 15) is 31.1 Å². The number of benzene rings is 1. The van der Waals surface area contributed by atoms with E-state index in [-0.39, 0.29) is 6.61 Å². The maximum Gasteiger partial charge on any atom is 0.490 e. The number of halogens is 7. The first-order valence-electron chi connectivity index (χ1n) is 16.6. The lowest BCUT2D eigenvalue weighted by Gasteiger charge is -2.47. The van der Waals surface area contributed by atoms with E-state index in [1.165, 1.54) is 19.4 Å². The molecule has 1 aromatic heterocycles. The number of hydrogen-bond acceptors (Lipinski definition) is 7. The summed E-state index contributed by atoms with van der Waals surface area (Å²) < 4.78 is 80.6. The molecule has 0 bridgehead atoms. The molecular weight excluding hydrogens is 692 g/mol. The van der Waals surface area contributed by atoms with Crippen LogP contribution in [-0.2, 0) is 15.7 Å². The van der Waals surface area contributed by atoms with Gasteiger partial charge in [-0.2, -0.15) is 31.4 Å². The predicted octanol–water partition coefficient (Wildman–Crippen LogP) is 6.68. The molecule has 1 N–H and O–H groups in total. The molecular formula is C34H40ClF6N5O4. The SMILES string of the molecule is CCOC(=O)c1cnn(C2CCCN(C3=C(c4ccccc4)C=CC(Cl)(N4CCN(CC5CC5)CC4)C3)C2)c1C(F)(F)F.O=C(O)C(F)(F)F. The lowest BCUT2D eigenvalue weighted by molar-refractivity contribution is -0.192. The van der Waals surface area contributed by atoms with Crippen molar-refractivity contribution in [2.45, 2.75) is 62.4 Å². The molecule has 274 valence electrons. The number of piperazine rings is 1. The Hall–Kier alpha value is -3.56. The van der Waals surface area contributed by atoms with Gasteiger partial charge in [-0.3, -0.25) is 9.58 Å². The highest BCUT2D eigenvalue weighted by atomic mass is 35.5. The van der Waals surface area contributed by atoms with E-state index < -0.39 is 46.6 Å². The van der Waals surface area contributed by atoms with E-state index in [1.54, 1.807) is 6.92 Å².